The summed E-state index contributed by atoms with van der Waals surface area (Å²) in [4.78, 5) is 39.3. The first-order valence-corrected chi connectivity index (χ1v) is 13.9. The second-order valence-corrected chi connectivity index (χ2v) is 10.8. The monoisotopic (exact) mass is 515 g/mol. The van der Waals surface area contributed by atoms with Crippen LogP contribution in [0.25, 0.3) is 10.9 Å². The third-order valence-electron chi connectivity index (χ3n) is 8.58. The Kier molecular flexibility index (Phi) is 7.54. The summed E-state index contributed by atoms with van der Waals surface area (Å²) in [6.45, 7) is 6.31. The number of piperidine rings is 1. The van der Waals surface area contributed by atoms with Gasteiger partial charge in [0.05, 0.1) is 5.92 Å². The summed E-state index contributed by atoms with van der Waals surface area (Å²) in [5.74, 6) is -0.582. The number of hydrogen-bond acceptors (Lipinski definition) is 3. The number of rotatable bonds is 6. The number of benzene rings is 2. The number of fused-ring (bicyclic) bond motifs is 1. The minimum atomic E-state index is -0.735. The second-order valence-electron chi connectivity index (χ2n) is 10.8. The Hall–Kier alpha value is -3.61. The number of amides is 2. The number of nitrogens with zero attached hydrogens (tertiary/aromatic N) is 2. The van der Waals surface area contributed by atoms with Crippen LogP contribution in [0.1, 0.15) is 73.0 Å². The van der Waals surface area contributed by atoms with Gasteiger partial charge >= 0.3 is 5.97 Å². The number of aryl methyl sites for hydroxylation is 2. The lowest BCUT2D eigenvalue weighted by atomic mass is 9.81. The van der Waals surface area contributed by atoms with Crippen LogP contribution in [-0.2, 0) is 16.1 Å². The van der Waals surface area contributed by atoms with Crippen molar-refractivity contribution in [3.63, 3.8) is 0 Å². The number of hydrogen-bond donors (Lipinski definition) is 2. The SMILES string of the molecule is CCn1c(C(=O)Nc2ccc(C3CCN(C(=O)C4CCC(C(=O)O)CC4)CC3)cc2)cc2c(C)cccc21. The Morgan fingerprint density at radius 1 is 0.921 bits per heavy atom. The van der Waals surface area contributed by atoms with Crippen molar-refractivity contribution in [3.8, 4) is 0 Å². The number of aromatic nitrogens is 1. The van der Waals surface area contributed by atoms with Gasteiger partial charge in [0.1, 0.15) is 5.69 Å². The number of carboxylic acids is 1. The molecule has 7 nitrogen and oxygen atoms in total. The molecule has 38 heavy (non-hydrogen) atoms. The highest BCUT2D eigenvalue weighted by Crippen LogP contribution is 2.34. The Morgan fingerprint density at radius 3 is 2.21 bits per heavy atom. The van der Waals surface area contributed by atoms with Crippen LogP contribution in [0, 0.1) is 18.8 Å². The van der Waals surface area contributed by atoms with Crippen molar-refractivity contribution in [1.29, 1.82) is 0 Å². The van der Waals surface area contributed by atoms with Gasteiger partial charge in [-0.3, -0.25) is 14.4 Å². The fraction of sp³-hybridized carbons (Fsp3) is 0.452. The Morgan fingerprint density at radius 2 is 1.58 bits per heavy atom. The first-order valence-electron chi connectivity index (χ1n) is 13.9. The molecule has 5 rings (SSSR count). The zero-order valence-electron chi connectivity index (χ0n) is 22.3. The number of nitrogens with one attached hydrogen (secondary N) is 1. The van der Waals surface area contributed by atoms with Gasteiger partial charge in [0.2, 0.25) is 5.91 Å². The smallest absolute Gasteiger partial charge is 0.306 e. The molecular formula is C31H37N3O4. The molecule has 3 aromatic rings. The molecule has 0 spiro atoms. The fourth-order valence-corrected chi connectivity index (χ4v) is 6.27. The second kappa shape index (κ2) is 11.0. The number of carbonyl (C=O) groups excluding carboxylic acids is 2. The summed E-state index contributed by atoms with van der Waals surface area (Å²) in [6.07, 6.45) is 4.40. The molecule has 1 aliphatic heterocycles. The van der Waals surface area contributed by atoms with Crippen molar-refractivity contribution in [1.82, 2.24) is 9.47 Å². The maximum Gasteiger partial charge on any atom is 0.306 e. The summed E-state index contributed by atoms with van der Waals surface area (Å²) in [5.41, 5.74) is 4.90. The van der Waals surface area contributed by atoms with Crippen LogP contribution in [0.4, 0.5) is 5.69 Å². The molecule has 2 aromatic carbocycles. The Balaban J connectivity index is 1.17. The van der Waals surface area contributed by atoms with E-state index in [1.807, 2.05) is 29.2 Å². The van der Waals surface area contributed by atoms with Crippen LogP contribution in [0.5, 0.6) is 0 Å². The summed E-state index contributed by atoms with van der Waals surface area (Å²) in [5, 5.41) is 13.4. The van der Waals surface area contributed by atoms with Gasteiger partial charge in [-0.1, -0.05) is 24.3 Å². The van der Waals surface area contributed by atoms with Crippen LogP contribution in [-0.4, -0.2) is 45.4 Å². The highest BCUT2D eigenvalue weighted by molar-refractivity contribution is 6.06. The standard InChI is InChI=1S/C31H37N3O4/c1-3-34-27-6-4-5-20(2)26(27)19-28(34)29(35)32-25-13-11-21(12-14-25)22-15-17-33(18-16-22)30(36)23-7-9-24(10-8-23)31(37)38/h4-6,11-14,19,22-24H,3,7-10,15-18H2,1-2H3,(H,32,35)(H,37,38). The van der Waals surface area contributed by atoms with Gasteiger partial charge < -0.3 is 19.9 Å². The van der Waals surface area contributed by atoms with Gasteiger partial charge in [-0.05, 0) is 93.7 Å². The van der Waals surface area contributed by atoms with E-state index in [-0.39, 0.29) is 23.7 Å². The predicted molar refractivity (Wildman–Crippen MR) is 148 cm³/mol. The van der Waals surface area contributed by atoms with E-state index < -0.39 is 5.97 Å². The van der Waals surface area contributed by atoms with Crippen LogP contribution in [0.15, 0.2) is 48.5 Å². The van der Waals surface area contributed by atoms with Crippen LogP contribution >= 0.6 is 0 Å². The fourth-order valence-electron chi connectivity index (χ4n) is 6.27. The molecule has 1 aliphatic carbocycles. The van der Waals surface area contributed by atoms with E-state index in [1.165, 1.54) is 5.56 Å². The van der Waals surface area contributed by atoms with Crippen molar-refractivity contribution in [3.05, 3.63) is 65.4 Å². The first kappa shape index (κ1) is 26.0. The highest BCUT2D eigenvalue weighted by Gasteiger charge is 2.33. The van der Waals surface area contributed by atoms with Crippen LogP contribution in [0.3, 0.4) is 0 Å². The lowest BCUT2D eigenvalue weighted by molar-refractivity contribution is -0.146. The largest absolute Gasteiger partial charge is 0.481 e. The normalized spacial score (nSPS) is 20.4. The molecular weight excluding hydrogens is 478 g/mol. The molecule has 7 heteroatoms. The molecule has 1 saturated carbocycles. The average Bonchev–Trinajstić information content (AvgIpc) is 3.33. The van der Waals surface area contributed by atoms with Gasteiger partial charge in [0.15, 0.2) is 0 Å². The van der Waals surface area contributed by atoms with Crippen molar-refractivity contribution in [2.45, 2.75) is 64.8 Å². The molecule has 2 fully saturated rings. The minimum Gasteiger partial charge on any atom is -0.481 e. The molecule has 200 valence electrons. The number of carboxylic acid groups (broad SMARTS) is 1. The molecule has 0 radical (unpaired) electrons. The van der Waals surface area contributed by atoms with Crippen LogP contribution in [0.2, 0.25) is 0 Å². The van der Waals surface area contributed by atoms with Crippen molar-refractivity contribution < 1.29 is 19.5 Å². The molecule has 2 amide bonds. The van der Waals surface area contributed by atoms with Gasteiger partial charge in [-0.2, -0.15) is 0 Å². The van der Waals surface area contributed by atoms with Gasteiger partial charge in [-0.15, -0.1) is 0 Å². The minimum absolute atomic E-state index is 0.0274. The van der Waals surface area contributed by atoms with Crippen molar-refractivity contribution >= 4 is 34.4 Å². The van der Waals surface area contributed by atoms with E-state index >= 15 is 0 Å². The molecule has 2 N–H and O–H groups in total. The van der Waals surface area contributed by atoms with E-state index in [1.54, 1.807) is 0 Å². The van der Waals surface area contributed by atoms with E-state index in [4.69, 9.17) is 0 Å². The van der Waals surface area contributed by atoms with E-state index in [9.17, 15) is 19.5 Å². The third-order valence-corrected chi connectivity index (χ3v) is 8.58. The number of aliphatic carboxylic acids is 1. The highest BCUT2D eigenvalue weighted by atomic mass is 16.4. The van der Waals surface area contributed by atoms with Gasteiger partial charge in [0.25, 0.3) is 5.91 Å². The average molecular weight is 516 g/mol. The van der Waals surface area contributed by atoms with Gasteiger partial charge in [-0.25, -0.2) is 0 Å². The third kappa shape index (κ3) is 5.19. The number of carbonyl (C=O) groups is 3. The molecule has 2 heterocycles. The summed E-state index contributed by atoms with van der Waals surface area (Å²) in [6, 6.07) is 16.2. The Labute approximate surface area is 223 Å². The summed E-state index contributed by atoms with van der Waals surface area (Å²) in [7, 11) is 0. The topological polar surface area (TPSA) is 91.6 Å². The molecule has 0 bridgehead atoms. The predicted octanol–water partition coefficient (Wildman–Crippen LogP) is 5.82. The Bertz CT molecular complexity index is 1330. The molecule has 0 atom stereocenters. The maximum atomic E-state index is 13.1. The molecule has 2 aliphatic rings. The zero-order valence-corrected chi connectivity index (χ0v) is 22.3. The summed E-state index contributed by atoms with van der Waals surface area (Å²) < 4.78 is 2.05. The van der Waals surface area contributed by atoms with Gasteiger partial charge in [0, 0.05) is 42.1 Å². The van der Waals surface area contributed by atoms with E-state index in [2.05, 4.69) is 48.0 Å². The van der Waals surface area contributed by atoms with E-state index in [0.717, 1.165) is 54.6 Å². The maximum absolute atomic E-state index is 13.1. The lowest BCUT2D eigenvalue weighted by Gasteiger charge is -2.36. The van der Waals surface area contributed by atoms with E-state index in [0.29, 0.717) is 37.3 Å². The lowest BCUT2D eigenvalue weighted by Crippen LogP contribution is -2.42. The zero-order chi connectivity index (χ0) is 26.8. The van der Waals surface area contributed by atoms with Crippen LogP contribution < -0.4 is 5.32 Å². The summed E-state index contributed by atoms with van der Waals surface area (Å²) >= 11 is 0. The molecule has 1 aromatic heterocycles. The number of likely N-dealkylation sites (tertiary alicyclic amines) is 1. The molecule has 1 saturated heterocycles. The van der Waals surface area contributed by atoms with Crippen molar-refractivity contribution in [2.75, 3.05) is 18.4 Å². The van der Waals surface area contributed by atoms with Crippen molar-refractivity contribution in [2.24, 2.45) is 11.8 Å². The number of anilines is 1. The quantitative estimate of drug-likeness (QED) is 0.433. The first-order chi connectivity index (χ1) is 18.4. The molecule has 0 unspecified atom stereocenters.